The van der Waals surface area contributed by atoms with E-state index in [9.17, 15) is 4.79 Å². The number of anilines is 1. The average Bonchev–Trinajstić information content (AvgIpc) is 2.25. The lowest BCUT2D eigenvalue weighted by Gasteiger charge is -2.21. The molecule has 84 valence electrons. The second-order valence-electron chi connectivity index (χ2n) is 3.08. The van der Waals surface area contributed by atoms with E-state index in [4.69, 9.17) is 23.1 Å². The first-order chi connectivity index (χ1) is 7.65. The van der Waals surface area contributed by atoms with Crippen LogP contribution in [0.1, 0.15) is 6.42 Å². The van der Waals surface area contributed by atoms with Gasteiger partial charge in [-0.1, -0.05) is 17.5 Å². The largest absolute Gasteiger partial charge is 0.481 e. The molecule has 0 aromatic carbocycles. The summed E-state index contributed by atoms with van der Waals surface area (Å²) < 4.78 is 0. The van der Waals surface area contributed by atoms with E-state index < -0.39 is 5.97 Å². The van der Waals surface area contributed by atoms with Crippen molar-refractivity contribution >= 4 is 23.3 Å². The van der Waals surface area contributed by atoms with E-state index in [1.54, 1.807) is 23.2 Å². The smallest absolute Gasteiger partial charge is 0.305 e. The zero-order valence-electron chi connectivity index (χ0n) is 8.56. The standard InChI is InChI=1S/C11H11ClN2O2/c1-2-7-14(8-5-10(15)16)9-4-3-6-13-11(9)12/h1,3-4,6H,5,7-8H2,(H,15,16). The summed E-state index contributed by atoms with van der Waals surface area (Å²) in [5.41, 5.74) is 0.656. The van der Waals surface area contributed by atoms with Gasteiger partial charge < -0.3 is 10.0 Å². The van der Waals surface area contributed by atoms with Gasteiger partial charge in [0.05, 0.1) is 18.7 Å². The third-order valence-corrected chi connectivity index (χ3v) is 2.25. The number of pyridine rings is 1. The Balaban J connectivity index is 2.81. The fourth-order valence-corrected chi connectivity index (χ4v) is 1.48. The number of hydrogen-bond acceptors (Lipinski definition) is 3. The van der Waals surface area contributed by atoms with Gasteiger partial charge in [-0.2, -0.15) is 0 Å². The highest BCUT2D eigenvalue weighted by molar-refractivity contribution is 6.32. The molecule has 4 nitrogen and oxygen atoms in total. The van der Waals surface area contributed by atoms with Crippen LogP contribution in [0.2, 0.25) is 5.15 Å². The van der Waals surface area contributed by atoms with E-state index in [0.717, 1.165) is 0 Å². The lowest BCUT2D eigenvalue weighted by Crippen LogP contribution is -2.26. The number of rotatable bonds is 5. The zero-order chi connectivity index (χ0) is 12.0. The molecule has 0 fully saturated rings. The highest BCUT2D eigenvalue weighted by atomic mass is 35.5. The highest BCUT2D eigenvalue weighted by Gasteiger charge is 2.11. The van der Waals surface area contributed by atoms with Crippen LogP contribution in [0.5, 0.6) is 0 Å². The molecule has 1 aromatic rings. The van der Waals surface area contributed by atoms with Crippen molar-refractivity contribution in [3.05, 3.63) is 23.5 Å². The summed E-state index contributed by atoms with van der Waals surface area (Å²) in [6, 6.07) is 3.49. The lowest BCUT2D eigenvalue weighted by molar-refractivity contribution is -0.136. The molecule has 0 unspecified atom stereocenters. The van der Waals surface area contributed by atoms with Gasteiger partial charge in [0.25, 0.3) is 0 Å². The molecule has 5 heteroatoms. The van der Waals surface area contributed by atoms with Crippen molar-refractivity contribution in [2.24, 2.45) is 0 Å². The van der Waals surface area contributed by atoms with Crippen LogP contribution >= 0.6 is 11.6 Å². The van der Waals surface area contributed by atoms with E-state index >= 15 is 0 Å². The Morgan fingerprint density at radius 1 is 1.69 bits per heavy atom. The van der Waals surface area contributed by atoms with Crippen molar-refractivity contribution in [3.8, 4) is 12.3 Å². The van der Waals surface area contributed by atoms with Crippen molar-refractivity contribution in [2.75, 3.05) is 18.0 Å². The maximum Gasteiger partial charge on any atom is 0.305 e. The number of nitrogens with zero attached hydrogens (tertiary/aromatic N) is 2. The predicted molar refractivity (Wildman–Crippen MR) is 62.5 cm³/mol. The summed E-state index contributed by atoms with van der Waals surface area (Å²) in [6.45, 7) is 0.615. The number of hydrogen-bond donors (Lipinski definition) is 1. The summed E-state index contributed by atoms with van der Waals surface area (Å²) in [4.78, 5) is 16.1. The quantitative estimate of drug-likeness (QED) is 0.626. The van der Waals surface area contributed by atoms with Gasteiger partial charge in [-0.3, -0.25) is 4.79 Å². The van der Waals surface area contributed by atoms with Gasteiger partial charge in [-0.15, -0.1) is 6.42 Å². The number of halogens is 1. The SMILES string of the molecule is C#CCN(CCC(=O)O)c1cccnc1Cl. The van der Waals surface area contributed by atoms with Crippen LogP contribution in [-0.4, -0.2) is 29.1 Å². The molecule has 0 saturated heterocycles. The molecule has 1 heterocycles. The Morgan fingerprint density at radius 2 is 2.44 bits per heavy atom. The summed E-state index contributed by atoms with van der Waals surface area (Å²) in [6.07, 6.45) is 6.79. The maximum atomic E-state index is 10.5. The molecule has 1 N–H and O–H groups in total. The molecule has 0 aliphatic carbocycles. The number of terminal acetylenes is 1. The van der Waals surface area contributed by atoms with Crippen LogP contribution in [0.25, 0.3) is 0 Å². The first-order valence-electron chi connectivity index (χ1n) is 4.66. The monoisotopic (exact) mass is 238 g/mol. The Hall–Kier alpha value is -1.73. The maximum absolute atomic E-state index is 10.5. The van der Waals surface area contributed by atoms with Gasteiger partial charge in [-0.05, 0) is 12.1 Å². The van der Waals surface area contributed by atoms with Crippen molar-refractivity contribution in [3.63, 3.8) is 0 Å². The van der Waals surface area contributed by atoms with E-state index in [1.807, 2.05) is 0 Å². The highest BCUT2D eigenvalue weighted by Crippen LogP contribution is 2.22. The minimum Gasteiger partial charge on any atom is -0.481 e. The molecule has 0 aliphatic heterocycles. The van der Waals surface area contributed by atoms with E-state index in [0.29, 0.717) is 23.9 Å². The van der Waals surface area contributed by atoms with Crippen LogP contribution in [-0.2, 0) is 4.79 Å². The molecule has 0 aliphatic rings. The molecule has 0 amide bonds. The minimum absolute atomic E-state index is 0.00685. The minimum atomic E-state index is -0.873. The van der Waals surface area contributed by atoms with Gasteiger partial charge >= 0.3 is 5.97 Å². The normalized spacial score (nSPS) is 9.50. The first kappa shape index (κ1) is 12.3. The van der Waals surface area contributed by atoms with Crippen molar-refractivity contribution in [1.29, 1.82) is 0 Å². The lowest BCUT2D eigenvalue weighted by atomic mass is 10.3. The van der Waals surface area contributed by atoms with Crippen molar-refractivity contribution in [1.82, 2.24) is 4.98 Å². The molecule has 0 spiro atoms. The van der Waals surface area contributed by atoms with Crippen LogP contribution in [0.3, 0.4) is 0 Å². The van der Waals surface area contributed by atoms with E-state index in [1.165, 1.54) is 0 Å². The molecular formula is C11H11ClN2O2. The molecule has 0 bridgehead atoms. The molecule has 1 aromatic heterocycles. The molecule has 0 atom stereocenters. The molecule has 0 saturated carbocycles. The Bertz CT molecular complexity index is 415. The van der Waals surface area contributed by atoms with Gasteiger partial charge in [0.2, 0.25) is 0 Å². The molecule has 1 rings (SSSR count). The predicted octanol–water partition coefficient (Wildman–Crippen LogP) is 1.65. The average molecular weight is 239 g/mol. The zero-order valence-corrected chi connectivity index (χ0v) is 9.31. The summed E-state index contributed by atoms with van der Waals surface area (Å²) >= 11 is 5.90. The van der Waals surface area contributed by atoms with E-state index in [-0.39, 0.29) is 6.42 Å². The van der Waals surface area contributed by atoms with E-state index in [2.05, 4.69) is 10.9 Å². The number of aromatic nitrogens is 1. The van der Waals surface area contributed by atoms with Crippen LogP contribution < -0.4 is 4.90 Å². The van der Waals surface area contributed by atoms with Crippen LogP contribution in [0, 0.1) is 12.3 Å². The van der Waals surface area contributed by atoms with Crippen molar-refractivity contribution < 1.29 is 9.90 Å². The molecule has 16 heavy (non-hydrogen) atoms. The topological polar surface area (TPSA) is 53.4 Å². The second kappa shape index (κ2) is 5.99. The van der Waals surface area contributed by atoms with Gasteiger partial charge in [0.1, 0.15) is 0 Å². The third kappa shape index (κ3) is 3.44. The molecule has 0 radical (unpaired) electrons. The Kier molecular flexibility index (Phi) is 4.62. The second-order valence-corrected chi connectivity index (χ2v) is 3.44. The molecular weight excluding hydrogens is 228 g/mol. The fourth-order valence-electron chi connectivity index (χ4n) is 1.24. The Morgan fingerprint density at radius 3 is 3.00 bits per heavy atom. The summed E-state index contributed by atoms with van der Waals surface area (Å²) in [5, 5.41) is 8.94. The first-order valence-corrected chi connectivity index (χ1v) is 5.03. The van der Waals surface area contributed by atoms with Gasteiger partial charge in [0, 0.05) is 12.7 Å². The third-order valence-electron chi connectivity index (χ3n) is 1.96. The number of carboxylic acids is 1. The number of carboxylic acid groups (broad SMARTS) is 1. The summed E-state index contributed by atoms with van der Waals surface area (Å²) in [7, 11) is 0. The summed E-state index contributed by atoms with van der Waals surface area (Å²) in [5.74, 6) is 1.59. The number of carbonyl (C=O) groups is 1. The van der Waals surface area contributed by atoms with Crippen LogP contribution in [0.15, 0.2) is 18.3 Å². The van der Waals surface area contributed by atoms with Gasteiger partial charge in [0.15, 0.2) is 5.15 Å². The number of aliphatic carboxylic acids is 1. The van der Waals surface area contributed by atoms with Crippen molar-refractivity contribution in [2.45, 2.75) is 6.42 Å². The van der Waals surface area contributed by atoms with Crippen LogP contribution in [0.4, 0.5) is 5.69 Å². The fraction of sp³-hybridized carbons (Fsp3) is 0.273. The van der Waals surface area contributed by atoms with Gasteiger partial charge in [-0.25, -0.2) is 4.98 Å². The Labute approximate surface area is 98.9 Å².